The lowest BCUT2D eigenvalue weighted by molar-refractivity contribution is 0.0996. The molecule has 0 aliphatic carbocycles. The predicted octanol–water partition coefficient (Wildman–Crippen LogP) is 2.81. The van der Waals surface area contributed by atoms with E-state index in [4.69, 9.17) is 5.73 Å². The highest BCUT2D eigenvalue weighted by Gasteiger charge is 2.15. The molecule has 2 N–H and O–H groups in total. The summed E-state index contributed by atoms with van der Waals surface area (Å²) in [5.41, 5.74) is 5.79. The Hall–Kier alpha value is -2.96. The van der Waals surface area contributed by atoms with Crippen LogP contribution in [-0.4, -0.2) is 15.9 Å². The van der Waals surface area contributed by atoms with Crippen LogP contribution in [0.4, 0.5) is 13.2 Å². The number of pyridine rings is 2. The van der Waals surface area contributed by atoms with Crippen LogP contribution in [0.25, 0.3) is 22.0 Å². The number of carbonyl (C=O) groups excluding carboxylic acids is 1. The maximum Gasteiger partial charge on any atom is 0.267 e. The molecule has 0 unspecified atom stereocenters. The topological polar surface area (TPSA) is 68.9 Å². The van der Waals surface area contributed by atoms with Crippen molar-refractivity contribution >= 4 is 16.8 Å². The average molecular weight is 303 g/mol. The van der Waals surface area contributed by atoms with Crippen LogP contribution in [-0.2, 0) is 0 Å². The van der Waals surface area contributed by atoms with Crippen LogP contribution in [0.1, 0.15) is 10.5 Å². The van der Waals surface area contributed by atoms with E-state index in [0.717, 1.165) is 12.1 Å². The summed E-state index contributed by atoms with van der Waals surface area (Å²) < 4.78 is 39.9. The van der Waals surface area contributed by atoms with Gasteiger partial charge >= 0.3 is 0 Å². The molecule has 1 amide bonds. The summed E-state index contributed by atoms with van der Waals surface area (Å²) >= 11 is 0. The maximum atomic E-state index is 13.4. The van der Waals surface area contributed by atoms with E-state index in [2.05, 4.69) is 9.97 Å². The highest BCUT2D eigenvalue weighted by atomic mass is 19.2. The molecule has 3 rings (SSSR count). The van der Waals surface area contributed by atoms with Crippen molar-refractivity contribution in [2.45, 2.75) is 0 Å². The Morgan fingerprint density at radius 2 is 1.73 bits per heavy atom. The number of amides is 1. The van der Waals surface area contributed by atoms with Crippen LogP contribution < -0.4 is 5.73 Å². The number of fused-ring (bicyclic) bond motifs is 1. The Morgan fingerprint density at radius 3 is 2.36 bits per heavy atom. The molecule has 2 heterocycles. The summed E-state index contributed by atoms with van der Waals surface area (Å²) in [5, 5.41) is 0.549. The normalized spacial score (nSPS) is 10.9. The van der Waals surface area contributed by atoms with Crippen molar-refractivity contribution in [3.63, 3.8) is 0 Å². The van der Waals surface area contributed by atoms with Gasteiger partial charge in [0.15, 0.2) is 17.5 Å². The van der Waals surface area contributed by atoms with Gasteiger partial charge < -0.3 is 5.73 Å². The highest BCUT2D eigenvalue weighted by Crippen LogP contribution is 2.28. The van der Waals surface area contributed by atoms with E-state index >= 15 is 0 Å². The number of primary amides is 1. The van der Waals surface area contributed by atoms with Crippen molar-refractivity contribution < 1.29 is 18.0 Å². The number of carbonyl (C=O) groups is 1. The Morgan fingerprint density at radius 1 is 1.05 bits per heavy atom. The van der Waals surface area contributed by atoms with Gasteiger partial charge in [-0.05, 0) is 29.8 Å². The molecule has 0 atom stereocenters. The second-order valence-electron chi connectivity index (χ2n) is 4.57. The van der Waals surface area contributed by atoms with Crippen molar-refractivity contribution in [2.75, 3.05) is 0 Å². The van der Waals surface area contributed by atoms with Crippen molar-refractivity contribution in [1.29, 1.82) is 0 Å². The molecule has 22 heavy (non-hydrogen) atoms. The Kier molecular flexibility index (Phi) is 3.25. The molecule has 0 bridgehead atoms. The molecule has 0 spiro atoms. The number of nitrogens with zero attached hydrogens (tertiary/aromatic N) is 2. The fourth-order valence-corrected chi connectivity index (χ4v) is 2.10. The third-order valence-corrected chi connectivity index (χ3v) is 3.15. The summed E-state index contributed by atoms with van der Waals surface area (Å²) in [7, 11) is 0. The Bertz CT molecular complexity index is 889. The molecule has 0 fully saturated rings. The van der Waals surface area contributed by atoms with E-state index in [1.165, 1.54) is 18.5 Å². The zero-order valence-corrected chi connectivity index (χ0v) is 11.0. The molecule has 0 aliphatic heterocycles. The fraction of sp³-hybridized carbons (Fsp3) is 0. The predicted molar refractivity (Wildman–Crippen MR) is 73.4 cm³/mol. The number of aromatic nitrogens is 2. The van der Waals surface area contributed by atoms with Crippen LogP contribution >= 0.6 is 0 Å². The molecule has 110 valence electrons. The first-order valence-corrected chi connectivity index (χ1v) is 6.17. The molecule has 0 saturated heterocycles. The standard InChI is InChI=1S/C15H8F3N3O/c16-10-3-8(4-11(17)13(10)18)9-6-20-5-7-1-2-12(15(19)22)21-14(7)9/h1-6H,(H2,19,22). The van der Waals surface area contributed by atoms with E-state index < -0.39 is 23.4 Å². The Balaban J connectivity index is 2.30. The highest BCUT2D eigenvalue weighted by molar-refractivity contribution is 5.97. The summed E-state index contributed by atoms with van der Waals surface area (Å²) in [4.78, 5) is 19.3. The van der Waals surface area contributed by atoms with Crippen molar-refractivity contribution in [1.82, 2.24) is 9.97 Å². The molecule has 0 radical (unpaired) electrons. The maximum absolute atomic E-state index is 13.4. The number of nitrogens with two attached hydrogens (primary N) is 1. The van der Waals surface area contributed by atoms with Crippen LogP contribution in [0.15, 0.2) is 36.7 Å². The zero-order chi connectivity index (χ0) is 15.9. The third-order valence-electron chi connectivity index (χ3n) is 3.15. The van der Waals surface area contributed by atoms with E-state index in [1.807, 2.05) is 0 Å². The van der Waals surface area contributed by atoms with Gasteiger partial charge in [0.2, 0.25) is 0 Å². The first kappa shape index (κ1) is 14.0. The Labute approximate surface area is 122 Å². The van der Waals surface area contributed by atoms with Gasteiger partial charge in [0, 0.05) is 23.3 Å². The molecule has 0 aliphatic rings. The second kappa shape index (κ2) is 5.10. The van der Waals surface area contributed by atoms with Gasteiger partial charge in [-0.3, -0.25) is 9.78 Å². The molecule has 0 saturated carbocycles. The van der Waals surface area contributed by atoms with Crippen molar-refractivity contribution in [3.05, 3.63) is 59.8 Å². The lowest BCUT2D eigenvalue weighted by atomic mass is 10.0. The third kappa shape index (κ3) is 2.26. The monoisotopic (exact) mass is 303 g/mol. The smallest absolute Gasteiger partial charge is 0.267 e. The van der Waals surface area contributed by atoms with Gasteiger partial charge in [-0.2, -0.15) is 0 Å². The molecule has 2 aromatic heterocycles. The average Bonchev–Trinajstić information content (AvgIpc) is 2.51. The molecule has 7 heteroatoms. The summed E-state index contributed by atoms with van der Waals surface area (Å²) in [6.07, 6.45) is 2.80. The van der Waals surface area contributed by atoms with Gasteiger partial charge in [-0.25, -0.2) is 18.2 Å². The van der Waals surface area contributed by atoms with Crippen LogP contribution in [0.2, 0.25) is 0 Å². The van der Waals surface area contributed by atoms with Gasteiger partial charge in [0.1, 0.15) is 5.69 Å². The van der Waals surface area contributed by atoms with Gasteiger partial charge in [0.05, 0.1) is 5.52 Å². The van der Waals surface area contributed by atoms with Crippen molar-refractivity contribution in [2.24, 2.45) is 5.73 Å². The molecular formula is C15H8F3N3O. The SMILES string of the molecule is NC(=O)c1ccc2cncc(-c3cc(F)c(F)c(F)c3)c2n1. The molecule has 4 nitrogen and oxygen atoms in total. The van der Waals surface area contributed by atoms with Crippen molar-refractivity contribution in [3.8, 4) is 11.1 Å². The van der Waals surface area contributed by atoms with Gasteiger partial charge in [-0.1, -0.05) is 0 Å². The molecule has 3 aromatic rings. The largest absolute Gasteiger partial charge is 0.364 e. The first-order chi connectivity index (χ1) is 10.5. The van der Waals surface area contributed by atoms with E-state index in [1.54, 1.807) is 6.07 Å². The number of hydrogen-bond acceptors (Lipinski definition) is 3. The summed E-state index contributed by atoms with van der Waals surface area (Å²) in [6.45, 7) is 0. The minimum atomic E-state index is -1.55. The zero-order valence-electron chi connectivity index (χ0n) is 11.0. The lowest BCUT2D eigenvalue weighted by Crippen LogP contribution is -2.12. The van der Waals surface area contributed by atoms with E-state index in [-0.39, 0.29) is 22.3 Å². The number of hydrogen-bond donors (Lipinski definition) is 1. The number of rotatable bonds is 2. The summed E-state index contributed by atoms with van der Waals surface area (Å²) in [5.74, 6) is -4.93. The van der Waals surface area contributed by atoms with Crippen LogP contribution in [0.3, 0.4) is 0 Å². The number of benzene rings is 1. The minimum absolute atomic E-state index is 0.00278. The van der Waals surface area contributed by atoms with Gasteiger partial charge in [0.25, 0.3) is 5.91 Å². The van der Waals surface area contributed by atoms with Crippen LogP contribution in [0, 0.1) is 17.5 Å². The number of halogens is 3. The van der Waals surface area contributed by atoms with E-state index in [9.17, 15) is 18.0 Å². The lowest BCUT2D eigenvalue weighted by Gasteiger charge is -2.07. The molecule has 1 aromatic carbocycles. The van der Waals surface area contributed by atoms with Gasteiger partial charge in [-0.15, -0.1) is 0 Å². The summed E-state index contributed by atoms with van der Waals surface area (Å²) in [6, 6.07) is 4.66. The van der Waals surface area contributed by atoms with E-state index in [0.29, 0.717) is 5.39 Å². The van der Waals surface area contributed by atoms with Crippen LogP contribution in [0.5, 0.6) is 0 Å². The quantitative estimate of drug-likeness (QED) is 0.740. The second-order valence-corrected chi connectivity index (χ2v) is 4.57. The molecular weight excluding hydrogens is 295 g/mol. The fourth-order valence-electron chi connectivity index (χ4n) is 2.10. The minimum Gasteiger partial charge on any atom is -0.364 e. The first-order valence-electron chi connectivity index (χ1n) is 6.17.